The van der Waals surface area contributed by atoms with Gasteiger partial charge in [-0.05, 0) is 56.8 Å². The molecule has 0 saturated heterocycles. The number of carbonyl (C=O) groups excluding carboxylic acids is 1. The van der Waals surface area contributed by atoms with E-state index in [-0.39, 0.29) is 6.03 Å². The number of nitrogens with zero attached hydrogens (tertiary/aromatic N) is 4. The number of ether oxygens (including phenoxy) is 1. The van der Waals surface area contributed by atoms with Gasteiger partial charge in [-0.1, -0.05) is 30.3 Å². The number of nitrogens with one attached hydrogen (secondary N) is 3. The van der Waals surface area contributed by atoms with Gasteiger partial charge in [0.05, 0.1) is 17.5 Å². The molecule has 9 heteroatoms. The molecular formula is C27H31N7O2. The molecule has 3 N–H and O–H groups in total. The van der Waals surface area contributed by atoms with Crippen LogP contribution in [0.25, 0.3) is 10.9 Å². The van der Waals surface area contributed by atoms with Crippen molar-refractivity contribution >= 4 is 34.1 Å². The average molecular weight is 486 g/mol. The number of benzene rings is 2. The zero-order valence-electron chi connectivity index (χ0n) is 20.6. The number of fused-ring (bicyclic) bond motifs is 1. The van der Waals surface area contributed by atoms with Gasteiger partial charge in [0.25, 0.3) is 0 Å². The molecule has 0 atom stereocenters. The quantitative estimate of drug-likeness (QED) is 0.266. The Balaban J connectivity index is 1.26. The first-order valence-corrected chi connectivity index (χ1v) is 11.9. The van der Waals surface area contributed by atoms with E-state index in [2.05, 4.69) is 35.8 Å². The first-order chi connectivity index (χ1) is 17.6. The Bertz CT molecular complexity index is 1260. The van der Waals surface area contributed by atoms with Crippen LogP contribution in [0.5, 0.6) is 5.88 Å². The number of anilines is 3. The number of rotatable bonds is 11. The van der Waals surface area contributed by atoms with Crippen LogP contribution >= 0.6 is 0 Å². The minimum absolute atomic E-state index is 0.276. The summed E-state index contributed by atoms with van der Waals surface area (Å²) in [6, 6.07) is 18.7. The number of hydrogen-bond acceptors (Lipinski definition) is 7. The smallest absolute Gasteiger partial charge is 0.323 e. The van der Waals surface area contributed by atoms with Crippen LogP contribution in [0.2, 0.25) is 0 Å². The lowest BCUT2D eigenvalue weighted by atomic mass is 10.1. The normalized spacial score (nSPS) is 10.9. The zero-order valence-corrected chi connectivity index (χ0v) is 20.6. The molecule has 36 heavy (non-hydrogen) atoms. The van der Waals surface area contributed by atoms with Crippen LogP contribution in [0.1, 0.15) is 12.0 Å². The van der Waals surface area contributed by atoms with Crippen molar-refractivity contribution < 1.29 is 9.53 Å². The second kappa shape index (κ2) is 12.5. The largest absolute Gasteiger partial charge is 0.478 e. The summed E-state index contributed by atoms with van der Waals surface area (Å²) >= 11 is 0. The molecule has 0 fully saturated rings. The van der Waals surface area contributed by atoms with E-state index in [1.807, 2.05) is 74.8 Å². The molecule has 0 unspecified atom stereocenters. The van der Waals surface area contributed by atoms with Crippen LogP contribution in [0.4, 0.5) is 22.0 Å². The molecule has 0 saturated carbocycles. The van der Waals surface area contributed by atoms with E-state index >= 15 is 0 Å². The van der Waals surface area contributed by atoms with Crippen LogP contribution in [-0.4, -0.2) is 59.7 Å². The minimum atomic E-state index is -0.276. The Hall–Kier alpha value is -4.24. The standard InChI is InChI=1S/C27H31N7O2/c1-34(2)15-6-16-36-25-17-24-23(18-29-25)26(31-19-30-24)28-14-13-20-9-11-22(12-10-20)33-27(35)32-21-7-4-3-5-8-21/h3-5,7-12,17-19H,6,13-16H2,1-2H3,(H,28,30,31)(H2,32,33,35). The fourth-order valence-electron chi connectivity index (χ4n) is 3.61. The fourth-order valence-corrected chi connectivity index (χ4v) is 3.61. The maximum atomic E-state index is 12.2. The lowest BCUT2D eigenvalue weighted by molar-refractivity contribution is 0.262. The van der Waals surface area contributed by atoms with Gasteiger partial charge in [0, 0.05) is 36.7 Å². The van der Waals surface area contributed by atoms with E-state index in [0.717, 1.165) is 53.0 Å². The van der Waals surface area contributed by atoms with Gasteiger partial charge in [-0.3, -0.25) is 0 Å². The zero-order chi connectivity index (χ0) is 25.2. The van der Waals surface area contributed by atoms with Crippen molar-refractivity contribution in [1.29, 1.82) is 0 Å². The molecule has 0 radical (unpaired) electrons. The highest BCUT2D eigenvalue weighted by Crippen LogP contribution is 2.22. The van der Waals surface area contributed by atoms with Crippen molar-refractivity contribution in [2.75, 3.05) is 49.7 Å². The Kier molecular flexibility index (Phi) is 8.61. The van der Waals surface area contributed by atoms with Crippen molar-refractivity contribution in [2.24, 2.45) is 0 Å². The van der Waals surface area contributed by atoms with Gasteiger partial charge in [0.1, 0.15) is 12.1 Å². The van der Waals surface area contributed by atoms with Crippen LogP contribution in [0.15, 0.2) is 73.2 Å². The van der Waals surface area contributed by atoms with E-state index in [4.69, 9.17) is 4.74 Å². The van der Waals surface area contributed by atoms with Gasteiger partial charge in [-0.25, -0.2) is 19.7 Å². The predicted octanol–water partition coefficient (Wildman–Crippen LogP) is 4.65. The fraction of sp³-hybridized carbons (Fsp3) is 0.259. The number of para-hydroxylation sites is 1. The number of aromatic nitrogens is 3. The monoisotopic (exact) mass is 485 g/mol. The third-order valence-electron chi connectivity index (χ3n) is 5.45. The number of hydrogen-bond donors (Lipinski definition) is 3. The molecule has 186 valence electrons. The molecule has 2 aromatic carbocycles. The third kappa shape index (κ3) is 7.38. The Morgan fingerprint density at radius 1 is 0.944 bits per heavy atom. The second-order valence-electron chi connectivity index (χ2n) is 8.59. The molecule has 4 rings (SSSR count). The molecular weight excluding hydrogens is 454 g/mol. The summed E-state index contributed by atoms with van der Waals surface area (Å²) in [5, 5.41) is 9.87. The van der Waals surface area contributed by atoms with Gasteiger partial charge in [-0.15, -0.1) is 0 Å². The summed E-state index contributed by atoms with van der Waals surface area (Å²) in [4.78, 5) is 27.4. The number of pyridine rings is 1. The molecule has 4 aromatic rings. The van der Waals surface area contributed by atoms with E-state index < -0.39 is 0 Å². The maximum Gasteiger partial charge on any atom is 0.323 e. The molecule has 0 bridgehead atoms. The molecule has 0 aliphatic rings. The molecule has 9 nitrogen and oxygen atoms in total. The Labute approximate surface area is 210 Å². The van der Waals surface area contributed by atoms with Crippen LogP contribution in [0.3, 0.4) is 0 Å². The summed E-state index contributed by atoms with van der Waals surface area (Å²) in [6.07, 6.45) is 5.02. The highest BCUT2D eigenvalue weighted by Gasteiger charge is 2.07. The van der Waals surface area contributed by atoms with E-state index in [0.29, 0.717) is 19.0 Å². The molecule has 2 heterocycles. The summed E-state index contributed by atoms with van der Waals surface area (Å²) in [5.74, 6) is 1.31. The van der Waals surface area contributed by atoms with Crippen molar-refractivity contribution in [3.63, 3.8) is 0 Å². The Morgan fingerprint density at radius 3 is 2.44 bits per heavy atom. The first kappa shape index (κ1) is 24.9. The molecule has 2 aromatic heterocycles. The highest BCUT2D eigenvalue weighted by molar-refractivity contribution is 5.99. The lowest BCUT2D eigenvalue weighted by Crippen LogP contribution is -2.19. The van der Waals surface area contributed by atoms with Crippen molar-refractivity contribution in [2.45, 2.75) is 12.8 Å². The summed E-state index contributed by atoms with van der Waals surface area (Å²) in [7, 11) is 4.08. The topological polar surface area (TPSA) is 104 Å². The maximum absolute atomic E-state index is 12.2. The van der Waals surface area contributed by atoms with Crippen molar-refractivity contribution in [3.8, 4) is 5.88 Å². The molecule has 2 amide bonds. The SMILES string of the molecule is CN(C)CCCOc1cc2ncnc(NCCc3ccc(NC(=O)Nc4ccccc4)cc3)c2cn1. The van der Waals surface area contributed by atoms with E-state index in [9.17, 15) is 4.79 Å². The molecule has 0 aliphatic heterocycles. The van der Waals surface area contributed by atoms with Gasteiger partial charge < -0.3 is 25.6 Å². The molecule has 0 aliphatic carbocycles. The highest BCUT2D eigenvalue weighted by atomic mass is 16.5. The van der Waals surface area contributed by atoms with Gasteiger partial charge in [0.2, 0.25) is 5.88 Å². The second-order valence-corrected chi connectivity index (χ2v) is 8.59. The lowest BCUT2D eigenvalue weighted by Gasteiger charge is -2.11. The summed E-state index contributed by atoms with van der Waals surface area (Å²) in [5.41, 5.74) is 3.40. The van der Waals surface area contributed by atoms with Crippen LogP contribution in [0, 0.1) is 0 Å². The Morgan fingerprint density at radius 2 is 1.69 bits per heavy atom. The predicted molar refractivity (Wildman–Crippen MR) is 144 cm³/mol. The van der Waals surface area contributed by atoms with Crippen LogP contribution < -0.4 is 20.7 Å². The number of carbonyl (C=O) groups is 1. The van der Waals surface area contributed by atoms with Gasteiger partial charge >= 0.3 is 6.03 Å². The van der Waals surface area contributed by atoms with Gasteiger partial charge in [-0.2, -0.15) is 0 Å². The summed E-state index contributed by atoms with van der Waals surface area (Å²) < 4.78 is 5.76. The first-order valence-electron chi connectivity index (χ1n) is 11.9. The van der Waals surface area contributed by atoms with E-state index in [1.54, 1.807) is 12.5 Å². The summed E-state index contributed by atoms with van der Waals surface area (Å²) in [6.45, 7) is 2.27. The average Bonchev–Trinajstić information content (AvgIpc) is 2.88. The van der Waals surface area contributed by atoms with Gasteiger partial charge in [0.15, 0.2) is 0 Å². The van der Waals surface area contributed by atoms with Crippen LogP contribution in [-0.2, 0) is 6.42 Å². The van der Waals surface area contributed by atoms with Crippen molar-refractivity contribution in [1.82, 2.24) is 19.9 Å². The van der Waals surface area contributed by atoms with Crippen molar-refractivity contribution in [3.05, 3.63) is 78.8 Å². The van der Waals surface area contributed by atoms with E-state index in [1.165, 1.54) is 0 Å². The third-order valence-corrected chi connectivity index (χ3v) is 5.45. The number of urea groups is 1. The number of amides is 2. The minimum Gasteiger partial charge on any atom is -0.478 e. The molecule has 0 spiro atoms.